The average molecular weight is 318 g/mol. The van der Waals surface area contributed by atoms with Gasteiger partial charge in [0.2, 0.25) is 5.91 Å². The molecule has 2 aromatic rings. The summed E-state index contributed by atoms with van der Waals surface area (Å²) in [5, 5.41) is 22.1. The van der Waals surface area contributed by atoms with Gasteiger partial charge in [0, 0.05) is 12.0 Å². The second-order valence-corrected chi connectivity index (χ2v) is 4.67. The highest BCUT2D eigenvalue weighted by molar-refractivity contribution is 5.97. The highest BCUT2D eigenvalue weighted by Gasteiger charge is 2.21. The van der Waals surface area contributed by atoms with E-state index < -0.39 is 23.8 Å². The third-order valence-corrected chi connectivity index (χ3v) is 3.00. The second-order valence-electron chi connectivity index (χ2n) is 4.67. The van der Waals surface area contributed by atoms with Crippen molar-refractivity contribution in [1.82, 2.24) is 25.5 Å². The maximum atomic E-state index is 12.2. The summed E-state index contributed by atoms with van der Waals surface area (Å²) in [4.78, 5) is 34.1. The van der Waals surface area contributed by atoms with Crippen LogP contribution in [0.5, 0.6) is 0 Å². The molecule has 0 saturated heterocycles. The number of carboxylic acid groups (broad SMARTS) is 1. The molecule has 1 aromatic heterocycles. The Morgan fingerprint density at radius 3 is 2.74 bits per heavy atom. The normalized spacial score (nSPS) is 11.7. The van der Waals surface area contributed by atoms with Gasteiger partial charge in [-0.25, -0.2) is 9.48 Å². The lowest BCUT2D eigenvalue weighted by Gasteiger charge is -2.14. The lowest BCUT2D eigenvalue weighted by molar-refractivity contribution is -0.139. The fourth-order valence-electron chi connectivity index (χ4n) is 1.85. The molecular formula is C13H14N6O4. The Hall–Kier alpha value is -3.30. The van der Waals surface area contributed by atoms with Crippen molar-refractivity contribution >= 4 is 17.8 Å². The first-order valence-corrected chi connectivity index (χ1v) is 6.63. The fourth-order valence-corrected chi connectivity index (χ4v) is 1.85. The number of amides is 2. The predicted molar refractivity (Wildman–Crippen MR) is 76.5 cm³/mol. The van der Waals surface area contributed by atoms with Gasteiger partial charge in [-0.05, 0) is 35.0 Å². The smallest absolute Gasteiger partial charge is 0.326 e. The number of hydrogen-bond donors (Lipinski definition) is 3. The molecule has 120 valence electrons. The number of tetrazole rings is 1. The highest BCUT2D eigenvalue weighted by atomic mass is 16.4. The Morgan fingerprint density at radius 1 is 1.35 bits per heavy atom. The molecule has 10 heteroatoms. The van der Waals surface area contributed by atoms with Crippen LogP contribution in [0.3, 0.4) is 0 Å². The minimum Gasteiger partial charge on any atom is -0.480 e. The number of nitrogens with one attached hydrogen (secondary N) is 1. The van der Waals surface area contributed by atoms with Crippen molar-refractivity contribution in [2.24, 2.45) is 5.73 Å². The number of rotatable bonds is 7. The largest absolute Gasteiger partial charge is 0.480 e. The van der Waals surface area contributed by atoms with Gasteiger partial charge in [0.25, 0.3) is 5.91 Å². The Kier molecular flexibility index (Phi) is 4.97. The molecule has 0 fully saturated rings. The highest BCUT2D eigenvalue weighted by Crippen LogP contribution is 2.09. The molecule has 0 saturated carbocycles. The zero-order valence-electron chi connectivity index (χ0n) is 11.9. The van der Waals surface area contributed by atoms with E-state index in [1.807, 2.05) is 0 Å². The van der Waals surface area contributed by atoms with Crippen LogP contribution in [0.25, 0.3) is 5.69 Å². The van der Waals surface area contributed by atoms with Gasteiger partial charge in [0.05, 0.1) is 5.69 Å². The average Bonchev–Trinajstić information content (AvgIpc) is 3.05. The molecule has 0 bridgehead atoms. The van der Waals surface area contributed by atoms with E-state index in [2.05, 4.69) is 20.8 Å². The number of nitrogens with two attached hydrogens (primary N) is 1. The number of carboxylic acids is 1. The molecule has 2 rings (SSSR count). The SMILES string of the molecule is NC(=O)CC[C@H](NC(=O)c1cccc(-n2cnnn2)c1)C(=O)O. The van der Waals surface area contributed by atoms with Gasteiger partial charge < -0.3 is 16.2 Å². The Balaban J connectivity index is 2.11. The van der Waals surface area contributed by atoms with Crippen LogP contribution in [0.1, 0.15) is 23.2 Å². The van der Waals surface area contributed by atoms with E-state index in [-0.39, 0.29) is 18.4 Å². The maximum Gasteiger partial charge on any atom is 0.326 e. The van der Waals surface area contributed by atoms with Gasteiger partial charge in [-0.15, -0.1) is 5.10 Å². The number of carbonyl (C=O) groups is 3. The number of aromatic nitrogens is 4. The molecule has 0 radical (unpaired) electrons. The van der Waals surface area contributed by atoms with E-state index in [1.54, 1.807) is 12.1 Å². The molecule has 4 N–H and O–H groups in total. The Bertz CT molecular complexity index is 715. The van der Waals surface area contributed by atoms with Gasteiger partial charge in [-0.2, -0.15) is 0 Å². The van der Waals surface area contributed by atoms with Crippen molar-refractivity contribution in [3.63, 3.8) is 0 Å². The molecule has 0 aliphatic heterocycles. The third-order valence-electron chi connectivity index (χ3n) is 3.00. The summed E-state index contributed by atoms with van der Waals surface area (Å²) < 4.78 is 1.36. The number of benzene rings is 1. The minimum atomic E-state index is -1.24. The van der Waals surface area contributed by atoms with E-state index in [4.69, 9.17) is 10.8 Å². The fraction of sp³-hybridized carbons (Fsp3) is 0.231. The first kappa shape index (κ1) is 16.1. The summed E-state index contributed by atoms with van der Waals surface area (Å²) >= 11 is 0. The molecule has 0 spiro atoms. The number of primary amides is 1. The lowest BCUT2D eigenvalue weighted by Crippen LogP contribution is -2.41. The first-order valence-electron chi connectivity index (χ1n) is 6.63. The zero-order valence-corrected chi connectivity index (χ0v) is 11.9. The monoisotopic (exact) mass is 318 g/mol. The van der Waals surface area contributed by atoms with Crippen LogP contribution < -0.4 is 11.1 Å². The third kappa shape index (κ3) is 4.33. The van der Waals surface area contributed by atoms with Crippen LogP contribution in [0.4, 0.5) is 0 Å². The summed E-state index contributed by atoms with van der Waals surface area (Å²) in [6, 6.07) is 5.14. The standard InChI is InChI=1S/C13H14N6O4/c14-11(20)5-4-10(13(22)23)16-12(21)8-2-1-3-9(6-8)19-7-15-17-18-19/h1-3,6-7,10H,4-5H2,(H2,14,20)(H,16,21)(H,22,23)/t10-/m0/s1. The lowest BCUT2D eigenvalue weighted by atomic mass is 10.1. The van der Waals surface area contributed by atoms with Gasteiger partial charge in [0.15, 0.2) is 0 Å². The van der Waals surface area contributed by atoms with E-state index in [1.165, 1.54) is 23.1 Å². The molecule has 0 unspecified atom stereocenters. The van der Waals surface area contributed by atoms with Crippen LogP contribution in [0.2, 0.25) is 0 Å². The Morgan fingerprint density at radius 2 is 2.13 bits per heavy atom. The summed E-state index contributed by atoms with van der Waals surface area (Å²) in [6.45, 7) is 0. The first-order chi connectivity index (χ1) is 11.0. The zero-order chi connectivity index (χ0) is 16.8. The molecule has 10 nitrogen and oxygen atoms in total. The molecular weight excluding hydrogens is 304 g/mol. The van der Waals surface area contributed by atoms with Crippen molar-refractivity contribution in [2.75, 3.05) is 0 Å². The van der Waals surface area contributed by atoms with Crippen molar-refractivity contribution in [3.8, 4) is 5.69 Å². The molecule has 1 aromatic carbocycles. The van der Waals surface area contributed by atoms with Crippen molar-refractivity contribution < 1.29 is 19.5 Å². The number of hydrogen-bond acceptors (Lipinski definition) is 6. The minimum absolute atomic E-state index is 0.0803. The number of aliphatic carboxylic acids is 1. The molecule has 0 aliphatic rings. The quantitative estimate of drug-likeness (QED) is 0.598. The van der Waals surface area contributed by atoms with Crippen LogP contribution in [0, 0.1) is 0 Å². The summed E-state index contributed by atoms with van der Waals surface area (Å²) in [7, 11) is 0. The van der Waals surface area contributed by atoms with Crippen molar-refractivity contribution in [1.29, 1.82) is 0 Å². The van der Waals surface area contributed by atoms with E-state index in [0.29, 0.717) is 5.69 Å². The number of nitrogens with zero attached hydrogens (tertiary/aromatic N) is 4. The van der Waals surface area contributed by atoms with Crippen LogP contribution in [-0.4, -0.2) is 49.1 Å². The van der Waals surface area contributed by atoms with Gasteiger partial charge in [0.1, 0.15) is 12.4 Å². The summed E-state index contributed by atoms with van der Waals surface area (Å²) in [6.07, 6.45) is 1.15. The topological polar surface area (TPSA) is 153 Å². The van der Waals surface area contributed by atoms with Crippen LogP contribution in [-0.2, 0) is 9.59 Å². The van der Waals surface area contributed by atoms with E-state index in [9.17, 15) is 14.4 Å². The Labute approximate surface area is 130 Å². The maximum absolute atomic E-state index is 12.2. The van der Waals surface area contributed by atoms with E-state index >= 15 is 0 Å². The number of carbonyl (C=O) groups excluding carboxylic acids is 2. The summed E-state index contributed by atoms with van der Waals surface area (Å²) in [5.74, 6) is -2.46. The van der Waals surface area contributed by atoms with Gasteiger partial charge in [-0.1, -0.05) is 6.07 Å². The van der Waals surface area contributed by atoms with Gasteiger partial charge >= 0.3 is 5.97 Å². The molecule has 1 heterocycles. The van der Waals surface area contributed by atoms with Gasteiger partial charge in [-0.3, -0.25) is 9.59 Å². The van der Waals surface area contributed by atoms with Crippen molar-refractivity contribution in [2.45, 2.75) is 18.9 Å². The predicted octanol–water partition coefficient (Wildman–Crippen LogP) is -0.889. The second kappa shape index (κ2) is 7.11. The molecule has 1 atom stereocenters. The van der Waals surface area contributed by atoms with Crippen LogP contribution >= 0.6 is 0 Å². The molecule has 2 amide bonds. The summed E-state index contributed by atoms with van der Waals surface area (Å²) in [5.41, 5.74) is 5.78. The van der Waals surface area contributed by atoms with Crippen molar-refractivity contribution in [3.05, 3.63) is 36.2 Å². The molecule has 23 heavy (non-hydrogen) atoms. The van der Waals surface area contributed by atoms with Crippen LogP contribution in [0.15, 0.2) is 30.6 Å². The molecule has 0 aliphatic carbocycles. The van der Waals surface area contributed by atoms with E-state index in [0.717, 1.165) is 0 Å².